The normalized spacial score (nSPS) is 13.2. The molecule has 0 saturated carbocycles. The molecule has 0 amide bonds. The van der Waals surface area contributed by atoms with Crippen LogP contribution in [0.3, 0.4) is 0 Å². The molecular formula is C23H21N2O4S+. The lowest BCUT2D eigenvalue weighted by Gasteiger charge is -2.19. The highest BCUT2D eigenvalue weighted by molar-refractivity contribution is 7.81. The van der Waals surface area contributed by atoms with Crippen molar-refractivity contribution in [2.75, 3.05) is 25.6 Å². The van der Waals surface area contributed by atoms with Gasteiger partial charge in [-0.15, -0.1) is 0 Å². The molecule has 4 rings (SSSR count). The van der Waals surface area contributed by atoms with E-state index in [9.17, 15) is 5.11 Å². The molecule has 2 heterocycles. The Balaban J connectivity index is 1.72. The van der Waals surface area contributed by atoms with E-state index in [0.717, 1.165) is 11.4 Å². The first-order chi connectivity index (χ1) is 14.7. The van der Waals surface area contributed by atoms with E-state index in [2.05, 4.69) is 5.32 Å². The number of hydrogen-bond donors (Lipinski definition) is 2. The molecule has 0 saturated heterocycles. The Hall–Kier alpha value is -3.58. The zero-order valence-electron chi connectivity index (χ0n) is 16.4. The number of benzene rings is 2. The number of thiocarbonyl (C=S) groups is 1. The fraction of sp³-hybridized carbons (Fsp3) is 0.130. The van der Waals surface area contributed by atoms with Gasteiger partial charge < -0.3 is 24.6 Å². The minimum absolute atomic E-state index is 0.0224. The first kappa shape index (κ1) is 19.7. The quantitative estimate of drug-likeness (QED) is 0.280. The summed E-state index contributed by atoms with van der Waals surface area (Å²) < 4.78 is 18.2. The summed E-state index contributed by atoms with van der Waals surface area (Å²) in [5.74, 6) is 2.02. The van der Waals surface area contributed by atoms with Crippen LogP contribution in [0.2, 0.25) is 0 Å². The van der Waals surface area contributed by atoms with E-state index in [1.54, 1.807) is 29.9 Å². The minimum Gasteiger partial charge on any atom is -0.502 e. The molecule has 6 nitrogen and oxygen atoms in total. The third kappa shape index (κ3) is 4.21. The van der Waals surface area contributed by atoms with Crippen LogP contribution in [0, 0.1) is 0 Å². The molecule has 0 bridgehead atoms. The lowest BCUT2D eigenvalue weighted by atomic mass is 10.1. The van der Waals surface area contributed by atoms with Crippen LogP contribution in [0.5, 0.6) is 17.2 Å². The topological polar surface area (TPSA) is 63.8 Å². The van der Waals surface area contributed by atoms with Gasteiger partial charge in [0.2, 0.25) is 0 Å². The Labute approximate surface area is 180 Å². The molecule has 0 aliphatic carbocycles. The number of aliphatic hydroxyl groups excluding tert-OH is 1. The summed E-state index contributed by atoms with van der Waals surface area (Å²) in [4.78, 5) is 0.365. The van der Waals surface area contributed by atoms with E-state index in [1.807, 2.05) is 54.9 Å². The zero-order chi connectivity index (χ0) is 20.9. The number of nitrogens with zero attached hydrogens (tertiary/aromatic N) is 1. The molecule has 3 aromatic rings. The number of fused-ring (bicyclic) bond motifs is 1. The monoisotopic (exact) mass is 421 g/mol. The van der Waals surface area contributed by atoms with Crippen molar-refractivity contribution < 1.29 is 23.9 Å². The maximum Gasteiger partial charge on any atom is 0.288 e. The Kier molecular flexibility index (Phi) is 5.81. The molecule has 152 valence electrons. The second-order valence-electron chi connectivity index (χ2n) is 6.52. The van der Waals surface area contributed by atoms with Crippen LogP contribution in [0.4, 0.5) is 5.69 Å². The second kappa shape index (κ2) is 8.84. The number of ether oxygens (including phenoxy) is 3. The van der Waals surface area contributed by atoms with Crippen LogP contribution in [0.1, 0.15) is 5.56 Å². The Morgan fingerprint density at radius 3 is 2.40 bits per heavy atom. The van der Waals surface area contributed by atoms with Gasteiger partial charge in [-0.3, -0.25) is 0 Å². The van der Waals surface area contributed by atoms with E-state index < -0.39 is 0 Å². The highest BCUT2D eigenvalue weighted by atomic mass is 32.1. The average molecular weight is 421 g/mol. The Bertz CT molecular complexity index is 1080. The highest BCUT2D eigenvalue weighted by Gasteiger charge is 2.25. The van der Waals surface area contributed by atoms with Gasteiger partial charge in [0.1, 0.15) is 19.0 Å². The van der Waals surface area contributed by atoms with Crippen molar-refractivity contribution >= 4 is 34.3 Å². The van der Waals surface area contributed by atoms with Gasteiger partial charge in [-0.25, -0.2) is 0 Å². The summed E-state index contributed by atoms with van der Waals surface area (Å²) in [5.41, 5.74) is 1.80. The third-order valence-corrected chi connectivity index (χ3v) is 4.87. The third-order valence-electron chi connectivity index (χ3n) is 4.58. The molecule has 1 aromatic heterocycles. The lowest BCUT2D eigenvalue weighted by Crippen LogP contribution is -2.38. The predicted octanol–water partition coefficient (Wildman–Crippen LogP) is 4.08. The second-order valence-corrected chi connectivity index (χ2v) is 6.93. The van der Waals surface area contributed by atoms with Gasteiger partial charge in [0.05, 0.1) is 7.11 Å². The Morgan fingerprint density at radius 1 is 1.00 bits per heavy atom. The van der Waals surface area contributed by atoms with Gasteiger partial charge >= 0.3 is 0 Å². The lowest BCUT2D eigenvalue weighted by molar-refractivity contribution is -0.575. The summed E-state index contributed by atoms with van der Waals surface area (Å²) in [7, 11) is 1.62. The van der Waals surface area contributed by atoms with Gasteiger partial charge in [0.25, 0.3) is 5.70 Å². The van der Waals surface area contributed by atoms with Crippen molar-refractivity contribution in [2.45, 2.75) is 0 Å². The van der Waals surface area contributed by atoms with Gasteiger partial charge in [-0.2, -0.15) is 4.57 Å². The molecule has 0 unspecified atom stereocenters. The molecular weight excluding hydrogens is 400 g/mol. The van der Waals surface area contributed by atoms with Crippen molar-refractivity contribution in [3.8, 4) is 17.2 Å². The molecule has 7 heteroatoms. The number of aliphatic hydroxyl groups is 1. The molecule has 0 spiro atoms. The molecule has 0 atom stereocenters. The van der Waals surface area contributed by atoms with E-state index in [1.165, 1.54) is 0 Å². The number of aromatic nitrogens is 1. The van der Waals surface area contributed by atoms with Gasteiger partial charge in [0.15, 0.2) is 34.6 Å². The number of rotatable bonds is 5. The number of methoxy groups -OCH3 is 1. The standard InChI is InChI=1S/C23H20N2O4S/c1-27-18-8-6-17(7-9-18)24-23(30)21(25-11-3-2-4-12-25)22(26)16-5-10-19-20(15-16)29-14-13-28-19/h2-12,15H,13-14H2,1H3,(H-,24,26,30)/p+1. The first-order valence-electron chi connectivity index (χ1n) is 9.41. The van der Waals surface area contributed by atoms with Crippen molar-refractivity contribution in [1.29, 1.82) is 0 Å². The van der Waals surface area contributed by atoms with E-state index in [-0.39, 0.29) is 5.76 Å². The summed E-state index contributed by atoms with van der Waals surface area (Å²) in [6.45, 7) is 0.980. The summed E-state index contributed by atoms with van der Waals surface area (Å²) in [6.07, 6.45) is 3.65. The molecule has 2 N–H and O–H groups in total. The molecule has 30 heavy (non-hydrogen) atoms. The van der Waals surface area contributed by atoms with Crippen LogP contribution in [0.15, 0.2) is 73.1 Å². The molecule has 0 radical (unpaired) electrons. The van der Waals surface area contributed by atoms with E-state index >= 15 is 0 Å². The van der Waals surface area contributed by atoms with Gasteiger partial charge in [0, 0.05) is 23.4 Å². The van der Waals surface area contributed by atoms with Crippen molar-refractivity contribution in [2.24, 2.45) is 0 Å². The largest absolute Gasteiger partial charge is 0.502 e. The van der Waals surface area contributed by atoms with E-state index in [0.29, 0.717) is 41.0 Å². The number of nitrogens with one attached hydrogen (secondary N) is 1. The van der Waals surface area contributed by atoms with Crippen LogP contribution in [0.25, 0.3) is 11.5 Å². The van der Waals surface area contributed by atoms with Crippen molar-refractivity contribution in [1.82, 2.24) is 0 Å². The van der Waals surface area contributed by atoms with Crippen LogP contribution in [-0.2, 0) is 0 Å². The maximum atomic E-state index is 11.2. The van der Waals surface area contributed by atoms with E-state index in [4.69, 9.17) is 26.4 Å². The van der Waals surface area contributed by atoms with Crippen molar-refractivity contribution in [3.63, 3.8) is 0 Å². The maximum absolute atomic E-state index is 11.2. The van der Waals surface area contributed by atoms with Gasteiger partial charge in [-0.1, -0.05) is 18.3 Å². The highest BCUT2D eigenvalue weighted by Crippen LogP contribution is 2.33. The smallest absolute Gasteiger partial charge is 0.288 e. The minimum atomic E-state index is 0.0224. The SMILES string of the molecule is COc1ccc(NC(=S)/C(=C(/O)c2ccc3c(c2)OCCO3)[n+]2ccccc2)cc1. The summed E-state index contributed by atoms with van der Waals surface area (Å²) in [6, 6.07) is 18.3. The average Bonchev–Trinajstić information content (AvgIpc) is 2.80. The molecule has 2 aromatic carbocycles. The Morgan fingerprint density at radius 2 is 1.70 bits per heavy atom. The number of pyridine rings is 1. The number of anilines is 1. The molecule has 0 fully saturated rings. The molecule has 1 aliphatic heterocycles. The first-order valence-corrected chi connectivity index (χ1v) is 9.82. The van der Waals surface area contributed by atoms with Gasteiger partial charge in [-0.05, 0) is 42.5 Å². The van der Waals surface area contributed by atoms with Crippen LogP contribution in [-0.4, -0.2) is 30.4 Å². The predicted molar refractivity (Wildman–Crippen MR) is 119 cm³/mol. The van der Waals surface area contributed by atoms with Crippen LogP contribution >= 0.6 is 12.2 Å². The fourth-order valence-corrected chi connectivity index (χ4v) is 3.41. The number of hydrogen-bond acceptors (Lipinski definition) is 5. The van der Waals surface area contributed by atoms with Crippen LogP contribution < -0.4 is 24.1 Å². The molecule has 1 aliphatic rings. The van der Waals surface area contributed by atoms with Crippen molar-refractivity contribution in [3.05, 3.63) is 78.6 Å². The summed E-state index contributed by atoms with van der Waals surface area (Å²) >= 11 is 5.66. The fourth-order valence-electron chi connectivity index (χ4n) is 3.09. The summed E-state index contributed by atoms with van der Waals surface area (Å²) in [5, 5.41) is 14.4. The zero-order valence-corrected chi connectivity index (χ0v) is 17.2.